The second-order valence-electron chi connectivity index (χ2n) is 15.9. The molecule has 0 fully saturated rings. The van der Waals surface area contributed by atoms with E-state index in [-0.39, 0.29) is 10.8 Å². The maximum absolute atomic E-state index is 9.68. The van der Waals surface area contributed by atoms with E-state index in [1.165, 1.54) is 44.5 Å². The molecule has 2 aliphatic carbocycles. The molecule has 0 atom stereocenters. The Morgan fingerprint density at radius 1 is 0.393 bits per heavy atom. The van der Waals surface area contributed by atoms with Crippen molar-refractivity contribution in [3.8, 4) is 84.7 Å². The van der Waals surface area contributed by atoms with Crippen LogP contribution in [0.25, 0.3) is 78.7 Å². The molecule has 0 spiro atoms. The highest BCUT2D eigenvalue weighted by Gasteiger charge is 2.37. The van der Waals surface area contributed by atoms with Gasteiger partial charge in [-0.15, -0.1) is 0 Å². The molecular weight excluding hydrogens is 683 g/mol. The second kappa shape index (κ2) is 12.5. The van der Waals surface area contributed by atoms with Gasteiger partial charge in [0.2, 0.25) is 0 Å². The summed E-state index contributed by atoms with van der Waals surface area (Å²) in [6.07, 6.45) is 3.66. The minimum absolute atomic E-state index is 0.155. The molecule has 266 valence electrons. The van der Waals surface area contributed by atoms with Crippen LogP contribution in [0.15, 0.2) is 152 Å². The van der Waals surface area contributed by atoms with Gasteiger partial charge in [-0.3, -0.25) is 4.98 Å². The van der Waals surface area contributed by atoms with Crippen LogP contribution in [-0.4, -0.2) is 19.9 Å². The summed E-state index contributed by atoms with van der Waals surface area (Å²) in [5, 5.41) is 9.68. The van der Waals surface area contributed by atoms with Gasteiger partial charge in [0.1, 0.15) is 0 Å². The van der Waals surface area contributed by atoms with Crippen molar-refractivity contribution >= 4 is 0 Å². The van der Waals surface area contributed by atoms with Crippen LogP contribution < -0.4 is 0 Å². The number of fused-ring (bicyclic) bond motifs is 6. The Morgan fingerprint density at radius 2 is 0.893 bits per heavy atom. The summed E-state index contributed by atoms with van der Waals surface area (Å²) in [6, 6.07) is 51.3. The van der Waals surface area contributed by atoms with Crippen molar-refractivity contribution < 1.29 is 0 Å². The number of nitriles is 1. The molecule has 5 heteroatoms. The summed E-state index contributed by atoms with van der Waals surface area (Å²) < 4.78 is 0. The molecule has 0 amide bonds. The summed E-state index contributed by atoms with van der Waals surface area (Å²) in [4.78, 5) is 19.8. The second-order valence-corrected chi connectivity index (χ2v) is 15.9. The smallest absolute Gasteiger partial charge is 0.164 e. The Balaban J connectivity index is 1.15. The third kappa shape index (κ3) is 5.29. The lowest BCUT2D eigenvalue weighted by molar-refractivity contribution is 0.660. The zero-order valence-electron chi connectivity index (χ0n) is 31.7. The van der Waals surface area contributed by atoms with Gasteiger partial charge in [0.15, 0.2) is 17.5 Å². The van der Waals surface area contributed by atoms with E-state index in [0.29, 0.717) is 23.0 Å². The Hall–Kier alpha value is -7.03. The average molecular weight is 720 g/mol. The minimum atomic E-state index is -0.265. The number of hydrogen-bond donors (Lipinski definition) is 0. The lowest BCUT2D eigenvalue weighted by Crippen LogP contribution is -2.15. The first-order valence-corrected chi connectivity index (χ1v) is 19.0. The maximum atomic E-state index is 9.68. The quantitative estimate of drug-likeness (QED) is 0.177. The molecule has 0 bridgehead atoms. The predicted octanol–water partition coefficient (Wildman–Crippen LogP) is 12.1. The highest BCUT2D eigenvalue weighted by atomic mass is 15.0. The van der Waals surface area contributed by atoms with E-state index in [4.69, 9.17) is 15.0 Å². The van der Waals surface area contributed by atoms with E-state index >= 15 is 0 Å². The lowest BCUT2D eigenvalue weighted by atomic mass is 9.81. The van der Waals surface area contributed by atoms with Gasteiger partial charge in [-0.2, -0.15) is 5.26 Å². The summed E-state index contributed by atoms with van der Waals surface area (Å²) in [5.41, 5.74) is 17.3. The topological polar surface area (TPSA) is 75.3 Å². The van der Waals surface area contributed by atoms with Gasteiger partial charge in [0, 0.05) is 39.9 Å². The molecule has 0 saturated carbocycles. The Morgan fingerprint density at radius 3 is 1.59 bits per heavy atom. The SMILES string of the molecule is CC1(C)c2cc(C#N)ccc2-c2ccc(-c3cc(-c4ccncc4)cc(-c4nc(-c5ccccc5)nc(-c5ccc6c(c5)C(C)(C)c5ccccc5-6)n4)c3)cc21. The Labute approximate surface area is 327 Å². The number of nitrogens with zero attached hydrogens (tertiary/aromatic N) is 5. The van der Waals surface area contributed by atoms with Gasteiger partial charge in [-0.25, -0.2) is 15.0 Å². The summed E-state index contributed by atoms with van der Waals surface area (Å²) in [5.74, 6) is 1.86. The van der Waals surface area contributed by atoms with Crippen LogP contribution in [-0.2, 0) is 10.8 Å². The fourth-order valence-corrected chi connectivity index (χ4v) is 8.81. The Bertz CT molecular complexity index is 2920. The molecular formula is C51H37N5. The molecule has 0 unspecified atom stereocenters. The van der Waals surface area contributed by atoms with Crippen molar-refractivity contribution in [2.24, 2.45) is 0 Å². The van der Waals surface area contributed by atoms with Crippen LogP contribution >= 0.6 is 0 Å². The summed E-state index contributed by atoms with van der Waals surface area (Å²) in [7, 11) is 0. The fourth-order valence-electron chi connectivity index (χ4n) is 8.81. The molecule has 2 aromatic heterocycles. The lowest BCUT2D eigenvalue weighted by Gasteiger charge is -2.22. The first-order chi connectivity index (χ1) is 27.2. The standard InChI is InChI=1S/C51H37N5/c1-50(2)43-13-9-8-12-39(43)41-19-16-35(29-46(41)50)48-54-47(33-10-6-5-7-11-33)55-49(56-48)38-26-36(32-20-22-53-23-21-32)25-37(27-38)34-15-18-42-40-17-14-31(30-52)24-44(40)51(3,4)45(42)28-34/h5-29H,1-4H3. The van der Waals surface area contributed by atoms with Gasteiger partial charge in [0.05, 0.1) is 11.6 Å². The molecule has 6 aromatic carbocycles. The normalized spacial score (nSPS) is 14.0. The van der Waals surface area contributed by atoms with Crippen molar-refractivity contribution in [1.29, 1.82) is 5.26 Å². The zero-order chi connectivity index (χ0) is 38.2. The summed E-state index contributed by atoms with van der Waals surface area (Å²) in [6.45, 7) is 9.09. The van der Waals surface area contributed by atoms with Crippen LogP contribution in [0.1, 0.15) is 55.5 Å². The number of aromatic nitrogens is 4. The molecule has 0 radical (unpaired) electrons. The van der Waals surface area contributed by atoms with Crippen molar-refractivity contribution in [1.82, 2.24) is 19.9 Å². The van der Waals surface area contributed by atoms with Gasteiger partial charge in [-0.1, -0.05) is 113 Å². The van der Waals surface area contributed by atoms with Crippen molar-refractivity contribution in [2.45, 2.75) is 38.5 Å². The van der Waals surface area contributed by atoms with Gasteiger partial charge in [0.25, 0.3) is 0 Å². The third-order valence-electron chi connectivity index (χ3n) is 11.9. The van der Waals surface area contributed by atoms with Crippen molar-refractivity contribution in [3.05, 3.63) is 180 Å². The molecule has 56 heavy (non-hydrogen) atoms. The van der Waals surface area contributed by atoms with Crippen LogP contribution in [0.5, 0.6) is 0 Å². The van der Waals surface area contributed by atoms with E-state index in [0.717, 1.165) is 38.9 Å². The molecule has 10 rings (SSSR count). The molecule has 8 aromatic rings. The van der Waals surface area contributed by atoms with E-state index in [2.05, 4.69) is 124 Å². The van der Waals surface area contributed by atoms with Crippen LogP contribution in [0, 0.1) is 11.3 Å². The van der Waals surface area contributed by atoms with Gasteiger partial charge < -0.3 is 0 Å². The maximum Gasteiger partial charge on any atom is 0.164 e. The first-order valence-electron chi connectivity index (χ1n) is 19.0. The van der Waals surface area contributed by atoms with Crippen molar-refractivity contribution in [2.75, 3.05) is 0 Å². The molecule has 5 nitrogen and oxygen atoms in total. The van der Waals surface area contributed by atoms with E-state index in [1.807, 2.05) is 67.0 Å². The van der Waals surface area contributed by atoms with E-state index < -0.39 is 0 Å². The van der Waals surface area contributed by atoms with Crippen LogP contribution in [0.3, 0.4) is 0 Å². The minimum Gasteiger partial charge on any atom is -0.265 e. The van der Waals surface area contributed by atoms with Crippen LogP contribution in [0.2, 0.25) is 0 Å². The number of hydrogen-bond acceptors (Lipinski definition) is 5. The number of pyridine rings is 1. The molecule has 0 saturated heterocycles. The Kier molecular flexibility index (Phi) is 7.49. The third-order valence-corrected chi connectivity index (χ3v) is 11.9. The summed E-state index contributed by atoms with van der Waals surface area (Å²) >= 11 is 0. The van der Waals surface area contributed by atoms with Crippen molar-refractivity contribution in [3.63, 3.8) is 0 Å². The van der Waals surface area contributed by atoms with Crippen LogP contribution in [0.4, 0.5) is 0 Å². The highest BCUT2D eigenvalue weighted by molar-refractivity contribution is 5.87. The molecule has 2 heterocycles. The largest absolute Gasteiger partial charge is 0.265 e. The average Bonchev–Trinajstić information content (AvgIpc) is 3.62. The molecule has 2 aliphatic rings. The highest BCUT2D eigenvalue weighted by Crippen LogP contribution is 2.51. The number of benzene rings is 6. The first kappa shape index (κ1) is 33.5. The number of rotatable bonds is 5. The van der Waals surface area contributed by atoms with Gasteiger partial charge in [-0.05, 0) is 121 Å². The fraction of sp³-hybridized carbons (Fsp3) is 0.118. The zero-order valence-corrected chi connectivity index (χ0v) is 31.7. The van der Waals surface area contributed by atoms with E-state index in [9.17, 15) is 5.26 Å². The van der Waals surface area contributed by atoms with Gasteiger partial charge >= 0.3 is 0 Å². The molecule has 0 N–H and O–H groups in total. The molecule has 0 aliphatic heterocycles. The van der Waals surface area contributed by atoms with E-state index in [1.54, 1.807) is 0 Å². The monoisotopic (exact) mass is 719 g/mol. The predicted molar refractivity (Wildman–Crippen MR) is 225 cm³/mol.